The van der Waals surface area contributed by atoms with E-state index in [1.165, 1.54) is 18.3 Å². The number of halogens is 1. The molecular formula is C20H20FN5O3S. The van der Waals surface area contributed by atoms with Crippen molar-refractivity contribution >= 4 is 39.8 Å². The second-order valence-electron chi connectivity index (χ2n) is 6.47. The Bertz CT molecular complexity index is 1080. The van der Waals surface area contributed by atoms with Gasteiger partial charge in [0.2, 0.25) is 0 Å². The summed E-state index contributed by atoms with van der Waals surface area (Å²) in [7, 11) is 1.58. The van der Waals surface area contributed by atoms with Crippen molar-refractivity contribution in [2.75, 3.05) is 23.5 Å². The van der Waals surface area contributed by atoms with Crippen LogP contribution in [-0.4, -0.2) is 28.9 Å². The quantitative estimate of drug-likeness (QED) is 0.549. The molecule has 10 heteroatoms. The average molecular weight is 429 g/mol. The van der Waals surface area contributed by atoms with Crippen LogP contribution in [0.5, 0.6) is 0 Å². The van der Waals surface area contributed by atoms with Gasteiger partial charge in [-0.1, -0.05) is 17.4 Å². The van der Waals surface area contributed by atoms with Crippen molar-refractivity contribution in [2.24, 2.45) is 0 Å². The number of carbonyl (C=O) groups excluding carboxylic acids is 2. The number of aryl methyl sites for hydroxylation is 1. The van der Waals surface area contributed by atoms with Crippen molar-refractivity contribution in [1.29, 1.82) is 0 Å². The molecule has 4 N–H and O–H groups in total. The van der Waals surface area contributed by atoms with Gasteiger partial charge in [0.25, 0.3) is 11.8 Å². The van der Waals surface area contributed by atoms with Crippen molar-refractivity contribution in [3.63, 3.8) is 0 Å². The van der Waals surface area contributed by atoms with E-state index in [0.717, 1.165) is 16.9 Å². The van der Waals surface area contributed by atoms with Crippen molar-refractivity contribution < 1.29 is 18.7 Å². The molecule has 2 amide bonds. The van der Waals surface area contributed by atoms with Crippen LogP contribution < -0.4 is 16.4 Å². The van der Waals surface area contributed by atoms with E-state index in [1.807, 2.05) is 6.92 Å². The number of methoxy groups -OCH3 is 1. The Morgan fingerprint density at radius 3 is 2.53 bits per heavy atom. The summed E-state index contributed by atoms with van der Waals surface area (Å²) in [5.41, 5.74) is 6.92. The highest BCUT2D eigenvalue weighted by Gasteiger charge is 2.18. The minimum absolute atomic E-state index is 0.142. The van der Waals surface area contributed by atoms with E-state index < -0.39 is 17.6 Å². The molecule has 0 aliphatic carbocycles. The van der Waals surface area contributed by atoms with Crippen molar-refractivity contribution in [1.82, 2.24) is 9.97 Å². The minimum atomic E-state index is -0.713. The molecular weight excluding hydrogens is 409 g/mol. The van der Waals surface area contributed by atoms with Gasteiger partial charge in [0.15, 0.2) is 5.13 Å². The Labute approximate surface area is 176 Å². The molecule has 156 valence electrons. The third-order valence-electron chi connectivity index (χ3n) is 4.41. The first-order valence-corrected chi connectivity index (χ1v) is 9.73. The number of ether oxygens (including phenoxy) is 1. The van der Waals surface area contributed by atoms with E-state index >= 15 is 0 Å². The van der Waals surface area contributed by atoms with Gasteiger partial charge in [0, 0.05) is 19.0 Å². The molecule has 1 aromatic carbocycles. The molecule has 0 saturated carbocycles. The molecule has 8 nitrogen and oxygen atoms in total. The van der Waals surface area contributed by atoms with Gasteiger partial charge in [0.1, 0.15) is 16.5 Å². The Balaban J connectivity index is 1.78. The van der Waals surface area contributed by atoms with Gasteiger partial charge in [-0.15, -0.1) is 0 Å². The monoisotopic (exact) mass is 429 g/mol. The lowest BCUT2D eigenvalue weighted by atomic mass is 10.1. The zero-order valence-electron chi connectivity index (χ0n) is 16.5. The number of thiazole rings is 1. The highest BCUT2D eigenvalue weighted by Crippen LogP contribution is 2.24. The molecule has 2 heterocycles. The van der Waals surface area contributed by atoms with E-state index in [0.29, 0.717) is 16.1 Å². The molecule has 0 aliphatic rings. The summed E-state index contributed by atoms with van der Waals surface area (Å²) in [6, 6.07) is 5.83. The second kappa shape index (κ2) is 8.97. The molecule has 3 aromatic rings. The number of nitrogen functional groups attached to an aromatic ring is 1. The molecule has 0 aliphatic heterocycles. The van der Waals surface area contributed by atoms with Crippen LogP contribution in [0.4, 0.5) is 21.0 Å². The number of nitrogens with two attached hydrogens (primary N) is 1. The number of amides is 2. The lowest BCUT2D eigenvalue weighted by molar-refractivity contribution is 0.101. The fraction of sp³-hybridized carbons (Fsp3) is 0.200. The van der Waals surface area contributed by atoms with Gasteiger partial charge in [-0.2, -0.15) is 0 Å². The topological polar surface area (TPSA) is 119 Å². The van der Waals surface area contributed by atoms with Crippen LogP contribution in [-0.2, 0) is 4.74 Å². The SMILES string of the molecule is CO[C@@H](C)c1ccc(NC(=O)c2cc(NC(=O)c3cnc(N)s3)c(C)cc2F)nc1. The van der Waals surface area contributed by atoms with Gasteiger partial charge in [-0.3, -0.25) is 9.59 Å². The van der Waals surface area contributed by atoms with Crippen LogP contribution in [0.1, 0.15) is 44.2 Å². The molecule has 0 fully saturated rings. The number of benzene rings is 1. The maximum absolute atomic E-state index is 14.4. The second-order valence-corrected chi connectivity index (χ2v) is 7.53. The van der Waals surface area contributed by atoms with Crippen LogP contribution in [0.15, 0.2) is 36.7 Å². The smallest absolute Gasteiger partial charge is 0.267 e. The Kier molecular flexibility index (Phi) is 6.38. The summed E-state index contributed by atoms with van der Waals surface area (Å²) in [6.07, 6.45) is 2.78. The fourth-order valence-electron chi connectivity index (χ4n) is 2.60. The number of nitrogens with one attached hydrogen (secondary N) is 2. The van der Waals surface area contributed by atoms with Crippen LogP contribution in [0.25, 0.3) is 0 Å². The first-order chi connectivity index (χ1) is 14.3. The number of nitrogens with zero attached hydrogens (tertiary/aromatic N) is 2. The van der Waals surface area contributed by atoms with Gasteiger partial charge in [0.05, 0.1) is 17.9 Å². The average Bonchev–Trinajstić information content (AvgIpc) is 3.16. The van der Waals surface area contributed by atoms with Crippen molar-refractivity contribution in [2.45, 2.75) is 20.0 Å². The number of hydrogen-bond donors (Lipinski definition) is 3. The number of hydrogen-bond acceptors (Lipinski definition) is 7. The van der Waals surface area contributed by atoms with Crippen LogP contribution >= 0.6 is 11.3 Å². The lowest BCUT2D eigenvalue weighted by Crippen LogP contribution is -2.17. The molecule has 0 saturated heterocycles. The van der Waals surface area contributed by atoms with E-state index in [2.05, 4.69) is 20.6 Å². The van der Waals surface area contributed by atoms with E-state index in [-0.39, 0.29) is 22.6 Å². The fourth-order valence-corrected chi connectivity index (χ4v) is 3.18. The summed E-state index contributed by atoms with van der Waals surface area (Å²) >= 11 is 1.03. The Morgan fingerprint density at radius 1 is 1.17 bits per heavy atom. The predicted octanol–water partition coefficient (Wildman–Crippen LogP) is 3.78. The predicted molar refractivity (Wildman–Crippen MR) is 113 cm³/mol. The molecule has 0 radical (unpaired) electrons. The van der Waals surface area contributed by atoms with Crippen LogP contribution in [0, 0.1) is 12.7 Å². The van der Waals surface area contributed by atoms with Crippen molar-refractivity contribution in [3.05, 3.63) is 64.0 Å². The molecule has 0 unspecified atom stereocenters. The molecule has 0 bridgehead atoms. The Hall–Kier alpha value is -3.37. The number of pyridine rings is 1. The number of anilines is 3. The molecule has 30 heavy (non-hydrogen) atoms. The van der Waals surface area contributed by atoms with Gasteiger partial charge < -0.3 is 21.1 Å². The van der Waals surface area contributed by atoms with E-state index in [9.17, 15) is 14.0 Å². The molecule has 1 atom stereocenters. The summed E-state index contributed by atoms with van der Waals surface area (Å²) in [4.78, 5) is 33.2. The third-order valence-corrected chi connectivity index (χ3v) is 5.23. The Morgan fingerprint density at radius 2 is 1.93 bits per heavy atom. The molecule has 0 spiro atoms. The van der Waals surface area contributed by atoms with Crippen LogP contribution in [0.3, 0.4) is 0 Å². The molecule has 2 aromatic heterocycles. The van der Waals surface area contributed by atoms with Gasteiger partial charge in [-0.05, 0) is 43.2 Å². The third kappa shape index (κ3) is 4.78. The molecule has 3 rings (SSSR count). The minimum Gasteiger partial charge on any atom is -0.377 e. The number of rotatable bonds is 6. The largest absolute Gasteiger partial charge is 0.377 e. The standard InChI is InChI=1S/C20H20FN5O3S/c1-10-6-14(21)13(7-15(10)25-19(28)16-9-24-20(22)30-16)18(27)26-17-5-4-12(8-23-17)11(2)29-3/h4-9,11H,1-3H3,(H2,22,24)(H,25,28)(H,23,26,27)/t11-/m0/s1. The van der Waals surface area contributed by atoms with E-state index in [4.69, 9.17) is 10.5 Å². The number of aromatic nitrogens is 2. The maximum atomic E-state index is 14.4. The summed E-state index contributed by atoms with van der Waals surface area (Å²) in [5.74, 6) is -1.59. The first-order valence-electron chi connectivity index (χ1n) is 8.91. The summed E-state index contributed by atoms with van der Waals surface area (Å²) in [6.45, 7) is 3.49. The summed E-state index contributed by atoms with van der Waals surface area (Å²) in [5, 5.41) is 5.46. The zero-order chi connectivity index (χ0) is 21.8. The maximum Gasteiger partial charge on any atom is 0.267 e. The van der Waals surface area contributed by atoms with Crippen LogP contribution in [0.2, 0.25) is 0 Å². The zero-order valence-corrected chi connectivity index (χ0v) is 17.3. The lowest BCUT2D eigenvalue weighted by Gasteiger charge is -2.12. The van der Waals surface area contributed by atoms with Gasteiger partial charge >= 0.3 is 0 Å². The normalized spacial score (nSPS) is 11.7. The first kappa shape index (κ1) is 21.3. The highest BCUT2D eigenvalue weighted by molar-refractivity contribution is 7.17. The highest BCUT2D eigenvalue weighted by atomic mass is 32.1. The van der Waals surface area contributed by atoms with Crippen molar-refractivity contribution in [3.8, 4) is 0 Å². The van der Waals surface area contributed by atoms with Gasteiger partial charge in [-0.25, -0.2) is 14.4 Å². The van der Waals surface area contributed by atoms with E-state index in [1.54, 1.807) is 32.4 Å². The summed E-state index contributed by atoms with van der Waals surface area (Å²) < 4.78 is 19.6. The number of carbonyl (C=O) groups is 2.